The molecule has 0 bridgehead atoms. The number of rotatable bonds is 2. The minimum Gasteiger partial charge on any atom is -0.352 e. The summed E-state index contributed by atoms with van der Waals surface area (Å²) in [7, 11) is 1.91. The molecule has 0 atom stereocenters. The Hall–Kier alpha value is -1.36. The van der Waals surface area contributed by atoms with Crippen molar-refractivity contribution in [3.63, 3.8) is 0 Å². The highest BCUT2D eigenvalue weighted by Crippen LogP contribution is 2.19. The number of halogens is 3. The number of benzene rings is 1. The van der Waals surface area contributed by atoms with Gasteiger partial charge in [0.05, 0.1) is 5.02 Å². The van der Waals surface area contributed by atoms with Gasteiger partial charge in [0.15, 0.2) is 5.96 Å². The van der Waals surface area contributed by atoms with Crippen molar-refractivity contribution in [2.24, 2.45) is 4.99 Å². The Kier molecular flexibility index (Phi) is 4.01. The Bertz CT molecular complexity index is 477. The number of hydrogen-bond acceptors (Lipinski definition) is 3. The van der Waals surface area contributed by atoms with Crippen LogP contribution in [0.2, 0.25) is 5.02 Å². The van der Waals surface area contributed by atoms with E-state index in [1.807, 2.05) is 11.9 Å². The van der Waals surface area contributed by atoms with Crippen LogP contribution in [0, 0.1) is 11.6 Å². The third kappa shape index (κ3) is 2.90. The van der Waals surface area contributed by atoms with Crippen molar-refractivity contribution in [2.45, 2.75) is 13.0 Å². The maximum absolute atomic E-state index is 13.5. The van der Waals surface area contributed by atoms with Gasteiger partial charge in [-0.25, -0.2) is 8.78 Å². The van der Waals surface area contributed by atoms with Gasteiger partial charge >= 0.3 is 0 Å². The van der Waals surface area contributed by atoms with Crippen LogP contribution in [0.4, 0.5) is 8.78 Å². The molecule has 98 valence electrons. The Morgan fingerprint density at radius 3 is 2.89 bits per heavy atom. The van der Waals surface area contributed by atoms with Crippen LogP contribution in [0.25, 0.3) is 0 Å². The Labute approximate surface area is 109 Å². The summed E-state index contributed by atoms with van der Waals surface area (Å²) in [5.74, 6) is -0.433. The predicted octanol–water partition coefficient (Wildman–Crippen LogP) is 2.40. The fourth-order valence-corrected chi connectivity index (χ4v) is 1.93. The van der Waals surface area contributed by atoms with Crippen molar-refractivity contribution in [1.82, 2.24) is 10.2 Å². The van der Waals surface area contributed by atoms with E-state index in [0.29, 0.717) is 5.96 Å². The summed E-state index contributed by atoms with van der Waals surface area (Å²) < 4.78 is 26.8. The zero-order chi connectivity index (χ0) is 13.1. The lowest BCUT2D eigenvalue weighted by molar-refractivity contribution is 0.445. The fourth-order valence-electron chi connectivity index (χ4n) is 1.78. The highest BCUT2D eigenvalue weighted by molar-refractivity contribution is 6.30. The SMILES string of the molecule is CN1CCCN=C1NCc1cc(F)c(Cl)cc1F. The molecule has 0 saturated carbocycles. The third-order valence-corrected chi connectivity index (χ3v) is 3.09. The molecular weight excluding hydrogens is 260 g/mol. The molecule has 1 aliphatic heterocycles. The number of aliphatic imine (C=N–C) groups is 1. The van der Waals surface area contributed by atoms with Crippen LogP contribution < -0.4 is 5.32 Å². The molecule has 1 aliphatic rings. The number of guanidine groups is 1. The molecule has 0 aliphatic carbocycles. The van der Waals surface area contributed by atoms with E-state index in [9.17, 15) is 8.78 Å². The minimum atomic E-state index is -0.617. The Morgan fingerprint density at radius 2 is 2.17 bits per heavy atom. The van der Waals surface area contributed by atoms with Crippen molar-refractivity contribution in [3.05, 3.63) is 34.4 Å². The van der Waals surface area contributed by atoms with Crippen LogP contribution in [0.15, 0.2) is 17.1 Å². The van der Waals surface area contributed by atoms with E-state index < -0.39 is 11.6 Å². The van der Waals surface area contributed by atoms with Crippen molar-refractivity contribution in [1.29, 1.82) is 0 Å². The van der Waals surface area contributed by atoms with E-state index in [0.717, 1.165) is 31.6 Å². The largest absolute Gasteiger partial charge is 0.352 e. The zero-order valence-corrected chi connectivity index (χ0v) is 10.8. The van der Waals surface area contributed by atoms with E-state index in [-0.39, 0.29) is 17.1 Å². The third-order valence-electron chi connectivity index (χ3n) is 2.80. The van der Waals surface area contributed by atoms with Crippen molar-refractivity contribution in [2.75, 3.05) is 20.1 Å². The molecule has 1 heterocycles. The predicted molar refractivity (Wildman–Crippen MR) is 67.8 cm³/mol. The minimum absolute atomic E-state index is 0.184. The molecule has 2 rings (SSSR count). The highest BCUT2D eigenvalue weighted by atomic mass is 35.5. The number of nitrogens with zero attached hydrogens (tertiary/aromatic N) is 2. The summed E-state index contributed by atoms with van der Waals surface area (Å²) in [5, 5.41) is 2.80. The average Bonchev–Trinajstić information content (AvgIpc) is 2.34. The zero-order valence-electron chi connectivity index (χ0n) is 10.0. The monoisotopic (exact) mass is 273 g/mol. The van der Waals surface area contributed by atoms with E-state index in [1.165, 1.54) is 0 Å². The van der Waals surface area contributed by atoms with Gasteiger partial charge in [0, 0.05) is 32.2 Å². The second-order valence-electron chi connectivity index (χ2n) is 4.19. The molecule has 18 heavy (non-hydrogen) atoms. The standard InChI is InChI=1S/C12H14ClF2N3/c1-18-4-2-3-16-12(18)17-7-8-5-11(15)9(13)6-10(8)14/h5-6H,2-4,7H2,1H3,(H,16,17). The molecule has 1 aromatic rings. The van der Waals surface area contributed by atoms with E-state index in [2.05, 4.69) is 10.3 Å². The summed E-state index contributed by atoms with van der Waals surface area (Å²) in [4.78, 5) is 6.24. The summed E-state index contributed by atoms with van der Waals surface area (Å²) in [6.45, 7) is 1.84. The summed E-state index contributed by atoms with van der Waals surface area (Å²) in [5.41, 5.74) is 0.235. The van der Waals surface area contributed by atoms with E-state index >= 15 is 0 Å². The van der Waals surface area contributed by atoms with Gasteiger partial charge in [0.1, 0.15) is 11.6 Å². The number of hydrogen-bond donors (Lipinski definition) is 1. The van der Waals surface area contributed by atoms with Gasteiger partial charge in [-0.3, -0.25) is 4.99 Å². The Balaban J connectivity index is 2.06. The molecule has 0 radical (unpaired) electrons. The number of nitrogens with one attached hydrogen (secondary N) is 1. The lowest BCUT2D eigenvalue weighted by Gasteiger charge is -2.25. The smallest absolute Gasteiger partial charge is 0.193 e. The van der Waals surface area contributed by atoms with Gasteiger partial charge in [-0.2, -0.15) is 0 Å². The second-order valence-corrected chi connectivity index (χ2v) is 4.60. The molecule has 1 N–H and O–H groups in total. The topological polar surface area (TPSA) is 27.6 Å². The molecule has 1 aromatic carbocycles. The highest BCUT2D eigenvalue weighted by Gasteiger charge is 2.12. The fraction of sp³-hybridized carbons (Fsp3) is 0.417. The summed E-state index contributed by atoms with van der Waals surface area (Å²) in [6, 6.07) is 2.09. The first-order valence-corrected chi connectivity index (χ1v) is 6.08. The second kappa shape index (κ2) is 5.52. The maximum atomic E-state index is 13.5. The first-order valence-electron chi connectivity index (χ1n) is 5.71. The summed E-state index contributed by atoms with van der Waals surface area (Å²) >= 11 is 5.49. The van der Waals surface area contributed by atoms with Crippen molar-refractivity contribution in [3.8, 4) is 0 Å². The molecule has 0 fully saturated rings. The Morgan fingerprint density at radius 1 is 1.39 bits per heavy atom. The van der Waals surface area contributed by atoms with Gasteiger partial charge in [-0.15, -0.1) is 0 Å². The molecule has 6 heteroatoms. The molecule has 0 unspecified atom stereocenters. The summed E-state index contributed by atoms with van der Waals surface area (Å²) in [6.07, 6.45) is 1.01. The van der Waals surface area contributed by atoms with Crippen molar-refractivity contribution >= 4 is 17.6 Å². The average molecular weight is 274 g/mol. The van der Waals surface area contributed by atoms with E-state index in [1.54, 1.807) is 0 Å². The van der Waals surface area contributed by atoms with Gasteiger partial charge in [-0.1, -0.05) is 11.6 Å². The van der Waals surface area contributed by atoms with Crippen molar-refractivity contribution < 1.29 is 8.78 Å². The normalized spacial score (nSPS) is 15.6. The van der Waals surface area contributed by atoms with Crippen LogP contribution in [0.3, 0.4) is 0 Å². The molecule has 0 amide bonds. The molecular formula is C12H14ClF2N3. The maximum Gasteiger partial charge on any atom is 0.193 e. The van der Waals surface area contributed by atoms with Gasteiger partial charge < -0.3 is 10.2 Å². The van der Waals surface area contributed by atoms with Crippen LogP contribution >= 0.6 is 11.6 Å². The lowest BCUT2D eigenvalue weighted by atomic mass is 10.2. The molecule has 0 spiro atoms. The van der Waals surface area contributed by atoms with Gasteiger partial charge in [-0.05, 0) is 18.6 Å². The van der Waals surface area contributed by atoms with Gasteiger partial charge in [0.25, 0.3) is 0 Å². The van der Waals surface area contributed by atoms with Crippen LogP contribution in [0.1, 0.15) is 12.0 Å². The molecule has 0 aromatic heterocycles. The van der Waals surface area contributed by atoms with Gasteiger partial charge in [0.2, 0.25) is 0 Å². The lowest BCUT2D eigenvalue weighted by Crippen LogP contribution is -2.41. The molecule has 3 nitrogen and oxygen atoms in total. The van der Waals surface area contributed by atoms with E-state index in [4.69, 9.17) is 11.6 Å². The first kappa shape index (κ1) is 13.1. The molecule has 0 saturated heterocycles. The van der Waals surface area contributed by atoms with Crippen LogP contribution in [-0.2, 0) is 6.54 Å². The van der Waals surface area contributed by atoms with Crippen LogP contribution in [-0.4, -0.2) is 31.0 Å². The first-order chi connectivity index (χ1) is 8.58. The quantitative estimate of drug-likeness (QED) is 0.838. The van der Waals surface area contributed by atoms with Crippen LogP contribution in [0.5, 0.6) is 0 Å².